The first-order valence-electron chi connectivity index (χ1n) is 6.89. The van der Waals surface area contributed by atoms with Gasteiger partial charge in [-0.15, -0.1) is 0 Å². The Kier molecular flexibility index (Phi) is 5.89. The van der Waals surface area contributed by atoms with E-state index < -0.39 is 11.7 Å². The molecule has 122 valence electrons. The zero-order valence-corrected chi connectivity index (χ0v) is 13.2. The van der Waals surface area contributed by atoms with Crippen LogP contribution in [-0.2, 0) is 11.2 Å². The summed E-state index contributed by atoms with van der Waals surface area (Å²) >= 11 is 1.05. The van der Waals surface area contributed by atoms with Crippen LogP contribution in [0.2, 0.25) is 0 Å². The molecule has 0 bridgehead atoms. The summed E-state index contributed by atoms with van der Waals surface area (Å²) in [5.74, 6) is -0.933. The molecule has 1 heterocycles. The minimum Gasteiger partial charge on any atom is -0.396 e. The van der Waals surface area contributed by atoms with Crippen molar-refractivity contribution in [1.82, 2.24) is 9.97 Å². The van der Waals surface area contributed by atoms with Gasteiger partial charge in [0.25, 0.3) is 5.56 Å². The number of amides is 1. The van der Waals surface area contributed by atoms with E-state index in [1.165, 1.54) is 18.2 Å². The molecule has 0 spiro atoms. The molecule has 2 rings (SSSR count). The number of aliphatic hydroxyl groups excluding tert-OH is 1. The van der Waals surface area contributed by atoms with E-state index in [4.69, 9.17) is 5.11 Å². The van der Waals surface area contributed by atoms with E-state index in [0.29, 0.717) is 16.4 Å². The number of para-hydroxylation sites is 1. The van der Waals surface area contributed by atoms with Gasteiger partial charge in [0.2, 0.25) is 5.91 Å². The average Bonchev–Trinajstić information content (AvgIpc) is 2.51. The summed E-state index contributed by atoms with van der Waals surface area (Å²) in [7, 11) is 0. The fraction of sp³-hybridized carbons (Fsp3) is 0.267. The van der Waals surface area contributed by atoms with Crippen LogP contribution in [0.5, 0.6) is 0 Å². The first-order chi connectivity index (χ1) is 11.0. The molecular formula is C15H16FN3O3S. The largest absolute Gasteiger partial charge is 0.396 e. The predicted octanol–water partition coefficient (Wildman–Crippen LogP) is 1.48. The van der Waals surface area contributed by atoms with Gasteiger partial charge in [-0.2, -0.15) is 0 Å². The normalized spacial score (nSPS) is 10.6. The molecule has 8 heteroatoms. The van der Waals surface area contributed by atoms with E-state index in [0.717, 1.165) is 11.8 Å². The second-order valence-electron chi connectivity index (χ2n) is 4.73. The molecule has 0 saturated heterocycles. The van der Waals surface area contributed by atoms with Crippen LogP contribution in [0.15, 0.2) is 34.2 Å². The van der Waals surface area contributed by atoms with Crippen molar-refractivity contribution in [2.24, 2.45) is 0 Å². The highest BCUT2D eigenvalue weighted by molar-refractivity contribution is 7.99. The predicted molar refractivity (Wildman–Crippen MR) is 86.1 cm³/mol. The second-order valence-corrected chi connectivity index (χ2v) is 5.69. The average molecular weight is 337 g/mol. The van der Waals surface area contributed by atoms with Crippen LogP contribution in [0.1, 0.15) is 11.3 Å². The Hall–Kier alpha value is -2.19. The molecule has 1 aromatic heterocycles. The van der Waals surface area contributed by atoms with Crippen LogP contribution < -0.4 is 10.9 Å². The fourth-order valence-corrected chi connectivity index (χ4v) is 2.65. The fourth-order valence-electron chi connectivity index (χ4n) is 1.94. The maximum atomic E-state index is 13.4. The highest BCUT2D eigenvalue weighted by Crippen LogP contribution is 2.16. The Morgan fingerprint density at radius 2 is 2.17 bits per heavy atom. The Labute approximate surface area is 136 Å². The Bertz CT molecular complexity index is 764. The summed E-state index contributed by atoms with van der Waals surface area (Å²) in [5, 5.41) is 11.7. The SMILES string of the molecule is Cc1nc(SCC(=O)Nc2ccccc2F)[nH]c(=O)c1CCO. The number of aryl methyl sites for hydroxylation is 1. The van der Waals surface area contributed by atoms with E-state index in [9.17, 15) is 14.0 Å². The number of benzene rings is 1. The maximum absolute atomic E-state index is 13.4. The van der Waals surface area contributed by atoms with Crippen LogP contribution in [0.25, 0.3) is 0 Å². The lowest BCUT2D eigenvalue weighted by atomic mass is 10.2. The molecule has 3 N–H and O–H groups in total. The summed E-state index contributed by atoms with van der Waals surface area (Å²) in [5.41, 5.74) is 0.713. The molecule has 0 radical (unpaired) electrons. The zero-order valence-electron chi connectivity index (χ0n) is 12.4. The molecule has 23 heavy (non-hydrogen) atoms. The lowest BCUT2D eigenvalue weighted by molar-refractivity contribution is -0.113. The minimum absolute atomic E-state index is 0.0178. The maximum Gasteiger partial charge on any atom is 0.255 e. The Balaban J connectivity index is 1.99. The van der Waals surface area contributed by atoms with Crippen LogP contribution in [-0.4, -0.2) is 33.3 Å². The summed E-state index contributed by atoms with van der Waals surface area (Å²) in [6.45, 7) is 1.53. The third kappa shape index (κ3) is 4.64. The molecular weight excluding hydrogens is 321 g/mol. The summed E-state index contributed by atoms with van der Waals surface area (Å²) in [6, 6.07) is 5.87. The number of hydrogen-bond acceptors (Lipinski definition) is 5. The van der Waals surface area contributed by atoms with Crippen LogP contribution in [0, 0.1) is 12.7 Å². The molecule has 0 fully saturated rings. The van der Waals surface area contributed by atoms with Gasteiger partial charge >= 0.3 is 0 Å². The van der Waals surface area contributed by atoms with E-state index in [1.807, 2.05) is 0 Å². The number of halogens is 1. The molecule has 0 unspecified atom stereocenters. The van der Waals surface area contributed by atoms with E-state index in [2.05, 4.69) is 15.3 Å². The van der Waals surface area contributed by atoms with Crippen molar-refractivity contribution < 1.29 is 14.3 Å². The number of carbonyl (C=O) groups is 1. The topological polar surface area (TPSA) is 95.1 Å². The number of H-pyrrole nitrogens is 1. The Morgan fingerprint density at radius 3 is 2.83 bits per heavy atom. The van der Waals surface area contributed by atoms with Crippen molar-refractivity contribution >= 4 is 23.4 Å². The lowest BCUT2D eigenvalue weighted by Crippen LogP contribution is -2.19. The number of hydrogen-bond donors (Lipinski definition) is 3. The van der Waals surface area contributed by atoms with Crippen molar-refractivity contribution in [2.45, 2.75) is 18.5 Å². The first-order valence-corrected chi connectivity index (χ1v) is 7.87. The van der Waals surface area contributed by atoms with Gasteiger partial charge < -0.3 is 15.4 Å². The number of rotatable bonds is 6. The van der Waals surface area contributed by atoms with Crippen molar-refractivity contribution in [3.63, 3.8) is 0 Å². The van der Waals surface area contributed by atoms with Crippen molar-refractivity contribution in [3.05, 3.63) is 51.7 Å². The summed E-state index contributed by atoms with van der Waals surface area (Å²) < 4.78 is 13.4. The van der Waals surface area contributed by atoms with Gasteiger partial charge in [-0.25, -0.2) is 9.37 Å². The van der Waals surface area contributed by atoms with Crippen LogP contribution >= 0.6 is 11.8 Å². The van der Waals surface area contributed by atoms with Gasteiger partial charge in [-0.3, -0.25) is 9.59 Å². The highest BCUT2D eigenvalue weighted by Gasteiger charge is 2.11. The first kappa shape index (κ1) is 17.2. The number of thioether (sulfide) groups is 1. The number of nitrogens with zero attached hydrogens (tertiary/aromatic N) is 1. The molecule has 2 aromatic rings. The van der Waals surface area contributed by atoms with Crippen LogP contribution in [0.3, 0.4) is 0 Å². The van der Waals surface area contributed by atoms with Gasteiger partial charge in [0.05, 0.1) is 11.4 Å². The molecule has 0 saturated carbocycles. The van der Waals surface area contributed by atoms with E-state index >= 15 is 0 Å². The van der Waals surface area contributed by atoms with Gasteiger partial charge in [-0.1, -0.05) is 23.9 Å². The van der Waals surface area contributed by atoms with Crippen molar-refractivity contribution in [1.29, 1.82) is 0 Å². The summed E-state index contributed by atoms with van der Waals surface area (Å²) in [4.78, 5) is 30.4. The lowest BCUT2D eigenvalue weighted by Gasteiger charge is -2.07. The van der Waals surface area contributed by atoms with Gasteiger partial charge in [0.15, 0.2) is 5.16 Å². The summed E-state index contributed by atoms with van der Waals surface area (Å²) in [6.07, 6.45) is 0.229. The number of nitrogens with one attached hydrogen (secondary N) is 2. The van der Waals surface area contributed by atoms with Gasteiger partial charge in [-0.05, 0) is 19.1 Å². The molecule has 6 nitrogen and oxygen atoms in total. The Morgan fingerprint density at radius 1 is 1.43 bits per heavy atom. The zero-order chi connectivity index (χ0) is 16.8. The molecule has 1 aromatic carbocycles. The second kappa shape index (κ2) is 7.89. The number of aliphatic hydroxyl groups is 1. The minimum atomic E-state index is -0.512. The molecule has 1 amide bonds. The number of aromatic nitrogens is 2. The van der Waals surface area contributed by atoms with E-state index in [-0.39, 0.29) is 30.0 Å². The van der Waals surface area contributed by atoms with Gasteiger partial charge in [0.1, 0.15) is 5.82 Å². The van der Waals surface area contributed by atoms with Gasteiger partial charge in [0, 0.05) is 24.3 Å². The number of carbonyl (C=O) groups excluding carboxylic acids is 1. The van der Waals surface area contributed by atoms with Crippen molar-refractivity contribution in [3.8, 4) is 0 Å². The standard InChI is InChI=1S/C15H16FN3O3S/c1-9-10(6-7-20)14(22)19-15(17-9)23-8-13(21)18-12-5-3-2-4-11(12)16/h2-5,20H,6-8H2,1H3,(H,18,21)(H,17,19,22). The third-order valence-corrected chi connectivity index (χ3v) is 3.92. The molecule has 0 aliphatic rings. The monoisotopic (exact) mass is 337 g/mol. The smallest absolute Gasteiger partial charge is 0.255 e. The quantitative estimate of drug-likeness (QED) is 0.548. The van der Waals surface area contributed by atoms with E-state index in [1.54, 1.807) is 13.0 Å². The third-order valence-electron chi connectivity index (χ3n) is 3.05. The number of aromatic amines is 1. The highest BCUT2D eigenvalue weighted by atomic mass is 32.2. The number of anilines is 1. The van der Waals surface area contributed by atoms with Crippen molar-refractivity contribution in [2.75, 3.05) is 17.7 Å². The molecule has 0 aliphatic heterocycles. The molecule has 0 atom stereocenters. The molecule has 0 aliphatic carbocycles. The van der Waals surface area contributed by atoms with Crippen LogP contribution in [0.4, 0.5) is 10.1 Å².